The van der Waals surface area contributed by atoms with E-state index in [1.165, 1.54) is 12.1 Å². The summed E-state index contributed by atoms with van der Waals surface area (Å²) in [6.07, 6.45) is 0. The van der Waals surface area contributed by atoms with E-state index in [0.29, 0.717) is 5.75 Å². The summed E-state index contributed by atoms with van der Waals surface area (Å²) in [5.74, 6) is -0.0430. The zero-order chi connectivity index (χ0) is 10.4. The summed E-state index contributed by atoms with van der Waals surface area (Å²) in [6, 6.07) is 3.83. The van der Waals surface area contributed by atoms with Gasteiger partial charge in [-0.2, -0.15) is 0 Å². The van der Waals surface area contributed by atoms with E-state index in [4.69, 9.17) is 21.9 Å². The fourth-order valence-corrected chi connectivity index (χ4v) is 1.06. The molecule has 1 rings (SSSR count). The molecule has 0 saturated carbocycles. The Morgan fingerprint density at radius 1 is 1.57 bits per heavy atom. The number of rotatable bonds is 4. The molecule has 0 heterocycles. The number of halogens is 2. The highest BCUT2D eigenvalue weighted by atomic mass is 35.5. The first-order valence-electron chi connectivity index (χ1n) is 3.83. The van der Waals surface area contributed by atoms with Crippen LogP contribution in [0, 0.1) is 5.82 Å². The number of benzene rings is 1. The highest BCUT2D eigenvalue weighted by Gasteiger charge is 2.01. The van der Waals surface area contributed by atoms with Crippen LogP contribution >= 0.6 is 11.6 Å². The van der Waals surface area contributed by atoms with Crippen molar-refractivity contribution in [3.8, 4) is 5.75 Å². The minimum absolute atomic E-state index is 0.200. The molecule has 0 aliphatic heterocycles. The van der Waals surface area contributed by atoms with Crippen LogP contribution in [0.1, 0.15) is 0 Å². The monoisotopic (exact) mass is 215 g/mol. The van der Waals surface area contributed by atoms with Gasteiger partial charge in [0.25, 0.3) is 0 Å². The van der Waals surface area contributed by atoms with Crippen molar-refractivity contribution in [2.45, 2.75) is 0 Å². The first-order chi connectivity index (χ1) is 6.74. The normalized spacial score (nSPS) is 9.29. The van der Waals surface area contributed by atoms with Crippen LogP contribution in [-0.2, 0) is 0 Å². The maximum absolute atomic E-state index is 12.6. The molecule has 0 amide bonds. The molecule has 6 heteroatoms. The van der Waals surface area contributed by atoms with Gasteiger partial charge in [0, 0.05) is 4.91 Å². The lowest BCUT2D eigenvalue weighted by Gasteiger charge is -2.05. The highest BCUT2D eigenvalue weighted by molar-refractivity contribution is 6.32. The molecule has 14 heavy (non-hydrogen) atoms. The van der Waals surface area contributed by atoms with Gasteiger partial charge in [-0.25, -0.2) is 4.39 Å². The topological polar surface area (TPSA) is 58.0 Å². The predicted molar refractivity (Wildman–Crippen MR) is 50.9 cm³/mol. The van der Waals surface area contributed by atoms with Gasteiger partial charge in [0.05, 0.1) is 18.2 Å². The predicted octanol–water partition coefficient (Wildman–Crippen LogP) is 3.17. The molecule has 0 radical (unpaired) electrons. The average molecular weight is 216 g/mol. The second kappa shape index (κ2) is 5.32. The van der Waals surface area contributed by atoms with Crippen molar-refractivity contribution in [1.82, 2.24) is 0 Å². The van der Waals surface area contributed by atoms with Gasteiger partial charge in [-0.1, -0.05) is 16.7 Å². The fourth-order valence-electron chi connectivity index (χ4n) is 0.833. The summed E-state index contributed by atoms with van der Waals surface area (Å²) in [5, 5.41) is 3.47. The molecule has 1 aromatic rings. The van der Waals surface area contributed by atoms with E-state index in [-0.39, 0.29) is 18.2 Å². The van der Waals surface area contributed by atoms with Gasteiger partial charge in [0.15, 0.2) is 0 Å². The number of hydrogen-bond acceptors (Lipinski definition) is 2. The SMILES string of the molecule is [N-]=[N+]=NCCOc1ccc(F)cc1Cl. The van der Waals surface area contributed by atoms with Gasteiger partial charge in [-0.15, -0.1) is 0 Å². The van der Waals surface area contributed by atoms with Crippen molar-refractivity contribution in [3.63, 3.8) is 0 Å². The smallest absolute Gasteiger partial charge is 0.138 e. The van der Waals surface area contributed by atoms with Crippen LogP contribution in [0.5, 0.6) is 5.75 Å². The molecular formula is C8H7ClFN3O. The number of azide groups is 1. The summed E-state index contributed by atoms with van der Waals surface area (Å²) >= 11 is 5.67. The van der Waals surface area contributed by atoms with E-state index in [9.17, 15) is 4.39 Å². The zero-order valence-electron chi connectivity index (χ0n) is 7.15. The minimum Gasteiger partial charge on any atom is -0.492 e. The van der Waals surface area contributed by atoms with Gasteiger partial charge in [-0.05, 0) is 23.7 Å². The summed E-state index contributed by atoms with van der Waals surface area (Å²) < 4.78 is 17.7. The van der Waals surface area contributed by atoms with Crippen LogP contribution < -0.4 is 4.74 Å². The first kappa shape index (κ1) is 10.6. The highest BCUT2D eigenvalue weighted by Crippen LogP contribution is 2.24. The molecule has 1 aromatic carbocycles. The summed E-state index contributed by atoms with van der Waals surface area (Å²) in [6.45, 7) is 0.430. The van der Waals surface area contributed by atoms with Crippen LogP contribution in [0.25, 0.3) is 10.4 Å². The van der Waals surface area contributed by atoms with Crippen LogP contribution in [-0.4, -0.2) is 13.2 Å². The molecule has 0 atom stereocenters. The lowest BCUT2D eigenvalue weighted by molar-refractivity contribution is 0.328. The summed E-state index contributed by atoms with van der Waals surface area (Å²) in [5.41, 5.74) is 7.98. The summed E-state index contributed by atoms with van der Waals surface area (Å²) in [4.78, 5) is 2.56. The summed E-state index contributed by atoms with van der Waals surface area (Å²) in [7, 11) is 0. The Balaban J connectivity index is 2.54. The number of hydrogen-bond donors (Lipinski definition) is 0. The van der Waals surface area contributed by atoms with E-state index in [0.717, 1.165) is 6.07 Å². The molecule has 0 aliphatic carbocycles. The van der Waals surface area contributed by atoms with Gasteiger partial charge in [0.2, 0.25) is 0 Å². The maximum Gasteiger partial charge on any atom is 0.138 e. The molecule has 0 N–H and O–H groups in total. The van der Waals surface area contributed by atoms with Crippen molar-refractivity contribution in [3.05, 3.63) is 39.5 Å². The molecule has 0 aliphatic rings. The lowest BCUT2D eigenvalue weighted by Crippen LogP contribution is -2.00. The Morgan fingerprint density at radius 2 is 2.36 bits per heavy atom. The standard InChI is InChI=1S/C8H7ClFN3O/c9-7-5-6(10)1-2-8(7)14-4-3-12-13-11/h1-2,5H,3-4H2. The second-order valence-electron chi connectivity index (χ2n) is 2.38. The van der Waals surface area contributed by atoms with Gasteiger partial charge in [-0.3, -0.25) is 0 Å². The third kappa shape index (κ3) is 3.12. The Kier molecular flexibility index (Phi) is 4.04. The zero-order valence-corrected chi connectivity index (χ0v) is 7.91. The van der Waals surface area contributed by atoms with Gasteiger partial charge in [0.1, 0.15) is 11.6 Å². The van der Waals surface area contributed by atoms with Crippen molar-refractivity contribution in [1.29, 1.82) is 0 Å². The average Bonchev–Trinajstić information content (AvgIpc) is 2.15. The Labute approximate surface area is 84.9 Å². The maximum atomic E-state index is 12.6. The van der Waals surface area contributed by atoms with Crippen LogP contribution in [0.2, 0.25) is 5.02 Å². The van der Waals surface area contributed by atoms with E-state index in [2.05, 4.69) is 10.0 Å². The fraction of sp³-hybridized carbons (Fsp3) is 0.250. The molecule has 0 fully saturated rings. The molecule has 4 nitrogen and oxygen atoms in total. The van der Waals surface area contributed by atoms with E-state index in [1.54, 1.807) is 0 Å². The third-order valence-corrected chi connectivity index (χ3v) is 1.70. The first-order valence-corrected chi connectivity index (χ1v) is 4.20. The van der Waals surface area contributed by atoms with E-state index < -0.39 is 5.82 Å². The van der Waals surface area contributed by atoms with Gasteiger partial charge >= 0.3 is 0 Å². The molecule has 0 unspecified atom stereocenters. The van der Waals surface area contributed by atoms with Gasteiger partial charge < -0.3 is 4.74 Å². The Bertz CT molecular complexity index is 366. The van der Waals surface area contributed by atoms with Crippen molar-refractivity contribution >= 4 is 11.6 Å². The third-order valence-electron chi connectivity index (χ3n) is 1.41. The van der Waals surface area contributed by atoms with Crippen molar-refractivity contribution < 1.29 is 9.13 Å². The molecule has 0 saturated heterocycles. The minimum atomic E-state index is -0.419. The van der Waals surface area contributed by atoms with Crippen molar-refractivity contribution in [2.75, 3.05) is 13.2 Å². The Morgan fingerprint density at radius 3 is 3.00 bits per heavy atom. The number of ether oxygens (including phenoxy) is 1. The van der Waals surface area contributed by atoms with E-state index >= 15 is 0 Å². The largest absolute Gasteiger partial charge is 0.492 e. The molecule has 0 aromatic heterocycles. The van der Waals surface area contributed by atoms with E-state index in [1.807, 2.05) is 0 Å². The molecule has 0 spiro atoms. The molecule has 0 bridgehead atoms. The van der Waals surface area contributed by atoms with Crippen LogP contribution in [0.15, 0.2) is 23.3 Å². The molecular weight excluding hydrogens is 209 g/mol. The van der Waals surface area contributed by atoms with Crippen molar-refractivity contribution in [2.24, 2.45) is 5.11 Å². The Hall–Kier alpha value is -1.45. The van der Waals surface area contributed by atoms with Crippen LogP contribution in [0.3, 0.4) is 0 Å². The quantitative estimate of drug-likeness (QED) is 0.329. The lowest BCUT2D eigenvalue weighted by atomic mass is 10.3. The van der Waals surface area contributed by atoms with Crippen LogP contribution in [0.4, 0.5) is 4.39 Å². The molecule has 74 valence electrons. The number of nitrogens with zero attached hydrogens (tertiary/aromatic N) is 3. The second-order valence-corrected chi connectivity index (χ2v) is 2.78.